The fraction of sp³-hybridized carbons (Fsp3) is 0.135. The summed E-state index contributed by atoms with van der Waals surface area (Å²) in [6.45, 7) is 18.3. The van der Waals surface area contributed by atoms with Gasteiger partial charge in [-0.05, 0) is 100.0 Å². The van der Waals surface area contributed by atoms with Crippen LogP contribution in [0.5, 0.6) is 0 Å². The predicted molar refractivity (Wildman–Crippen MR) is 177 cm³/mol. The highest BCUT2D eigenvalue weighted by molar-refractivity contribution is 6.06. The molecule has 0 bridgehead atoms. The normalized spacial score (nSPS) is 11.2. The van der Waals surface area contributed by atoms with Crippen LogP contribution in [0.4, 0.5) is 0 Å². The summed E-state index contributed by atoms with van der Waals surface area (Å²) in [7, 11) is 0. The number of nitrogens with one attached hydrogen (secondary N) is 4. The molecule has 2 amide bonds. The van der Waals surface area contributed by atoms with Gasteiger partial charge in [0.2, 0.25) is 6.41 Å². The molecular formula is C37H36N4O2. The minimum Gasteiger partial charge on any atom is -0.294 e. The first kappa shape index (κ1) is 30.7. The molecule has 6 heteroatoms. The zero-order valence-electron chi connectivity index (χ0n) is 24.9. The number of allylic oxidation sites excluding steroid dienone is 4. The average Bonchev–Trinajstić information content (AvgIpc) is 3.03. The standard InChI is InChI=1S/C37H36N4O2/c1-7-25(4)26(5)27(6)30-17-14-28(15-18-30)12-13-29-16-19-33-34(20-29)36(21-38-40-23-42)32-11-9-8-10-31(32)35(33)22-39-41-37(43)24(2)3/h7-11,14-20,23,38-39H,1-2,6,21-22H2,3-5H3,(H,40,42)(H,41,43)/b26-25+. The molecule has 0 heterocycles. The molecule has 0 spiro atoms. The van der Waals surface area contributed by atoms with Crippen LogP contribution in [0.15, 0.2) is 109 Å². The SMILES string of the molecule is C=C/C(C)=C(\C)C(=C)c1ccc(C#Cc2ccc3c(CNNC(=O)C(=C)C)c4ccccc4c(CNNC=O)c3c2)cc1. The van der Waals surface area contributed by atoms with Gasteiger partial charge in [0.15, 0.2) is 0 Å². The van der Waals surface area contributed by atoms with Crippen molar-refractivity contribution in [1.82, 2.24) is 21.7 Å². The van der Waals surface area contributed by atoms with E-state index in [-0.39, 0.29) is 5.91 Å². The van der Waals surface area contributed by atoms with E-state index >= 15 is 0 Å². The van der Waals surface area contributed by atoms with E-state index in [0.717, 1.165) is 66.1 Å². The van der Waals surface area contributed by atoms with E-state index in [1.165, 1.54) is 0 Å². The van der Waals surface area contributed by atoms with Crippen LogP contribution in [0.25, 0.3) is 27.1 Å². The van der Waals surface area contributed by atoms with Gasteiger partial charge in [-0.3, -0.25) is 20.4 Å². The topological polar surface area (TPSA) is 82.3 Å². The van der Waals surface area contributed by atoms with Gasteiger partial charge in [-0.1, -0.05) is 80.1 Å². The van der Waals surface area contributed by atoms with E-state index in [4.69, 9.17) is 0 Å². The van der Waals surface area contributed by atoms with E-state index < -0.39 is 0 Å². The zero-order valence-corrected chi connectivity index (χ0v) is 24.9. The van der Waals surface area contributed by atoms with Crippen LogP contribution in [0.3, 0.4) is 0 Å². The molecule has 0 radical (unpaired) electrons. The van der Waals surface area contributed by atoms with Gasteiger partial charge in [-0.25, -0.2) is 10.9 Å². The molecule has 0 aliphatic heterocycles. The van der Waals surface area contributed by atoms with Crippen LogP contribution >= 0.6 is 0 Å². The van der Waals surface area contributed by atoms with E-state index in [1.807, 2.05) is 55.5 Å². The Morgan fingerprint density at radius 1 is 0.791 bits per heavy atom. The number of carbonyl (C=O) groups excluding carboxylic acids is 2. The minimum atomic E-state index is -0.261. The van der Waals surface area contributed by atoms with Crippen molar-refractivity contribution in [2.45, 2.75) is 33.9 Å². The minimum absolute atomic E-state index is 0.261. The molecule has 0 atom stereocenters. The van der Waals surface area contributed by atoms with Crippen molar-refractivity contribution in [3.05, 3.63) is 137 Å². The first-order valence-corrected chi connectivity index (χ1v) is 13.9. The Morgan fingerprint density at radius 3 is 2.00 bits per heavy atom. The number of benzene rings is 4. The van der Waals surface area contributed by atoms with E-state index in [9.17, 15) is 9.59 Å². The second-order valence-corrected chi connectivity index (χ2v) is 10.3. The molecule has 4 aromatic rings. The number of hydrazine groups is 2. The Kier molecular flexibility index (Phi) is 10.1. The van der Waals surface area contributed by atoms with Gasteiger partial charge < -0.3 is 0 Å². The van der Waals surface area contributed by atoms with Crippen molar-refractivity contribution in [2.24, 2.45) is 0 Å². The Labute approximate surface area is 253 Å². The number of amides is 2. The molecule has 0 saturated carbocycles. The lowest BCUT2D eigenvalue weighted by Gasteiger charge is -2.18. The molecule has 0 saturated heterocycles. The summed E-state index contributed by atoms with van der Waals surface area (Å²) in [5.41, 5.74) is 19.7. The van der Waals surface area contributed by atoms with Crippen LogP contribution in [0.1, 0.15) is 48.6 Å². The molecule has 216 valence electrons. The summed E-state index contributed by atoms with van der Waals surface area (Å²) >= 11 is 0. The molecule has 6 nitrogen and oxygen atoms in total. The Balaban J connectivity index is 1.74. The van der Waals surface area contributed by atoms with Gasteiger partial charge >= 0.3 is 0 Å². The highest BCUT2D eigenvalue weighted by Gasteiger charge is 2.14. The fourth-order valence-electron chi connectivity index (χ4n) is 4.82. The fourth-order valence-corrected chi connectivity index (χ4v) is 4.82. The van der Waals surface area contributed by atoms with E-state index in [2.05, 4.69) is 84.5 Å². The van der Waals surface area contributed by atoms with E-state index in [0.29, 0.717) is 25.1 Å². The third-order valence-electron chi connectivity index (χ3n) is 7.46. The second-order valence-electron chi connectivity index (χ2n) is 10.3. The predicted octanol–water partition coefficient (Wildman–Crippen LogP) is 6.38. The summed E-state index contributed by atoms with van der Waals surface area (Å²) in [5.74, 6) is 6.34. The molecule has 4 rings (SSSR count). The van der Waals surface area contributed by atoms with Crippen molar-refractivity contribution in [2.75, 3.05) is 0 Å². The molecule has 0 fully saturated rings. The number of fused-ring (bicyclic) bond motifs is 2. The van der Waals surface area contributed by atoms with Gasteiger partial charge in [0.1, 0.15) is 0 Å². The summed E-state index contributed by atoms with van der Waals surface area (Å²) in [5, 5.41) is 4.10. The van der Waals surface area contributed by atoms with Crippen molar-refractivity contribution >= 4 is 39.4 Å². The summed E-state index contributed by atoms with van der Waals surface area (Å²) < 4.78 is 0. The molecule has 0 unspecified atom stereocenters. The Hall–Kier alpha value is -5.22. The summed E-state index contributed by atoms with van der Waals surface area (Å²) in [6.07, 6.45) is 2.46. The quantitative estimate of drug-likeness (QED) is 0.0322. The number of hydrogen-bond acceptors (Lipinski definition) is 4. The molecule has 0 aliphatic rings. The van der Waals surface area contributed by atoms with Gasteiger partial charge in [-0.15, -0.1) is 0 Å². The van der Waals surface area contributed by atoms with Crippen molar-refractivity contribution in [3.8, 4) is 11.8 Å². The number of rotatable bonds is 11. The van der Waals surface area contributed by atoms with Crippen LogP contribution in [0.2, 0.25) is 0 Å². The van der Waals surface area contributed by atoms with Crippen LogP contribution in [-0.2, 0) is 22.7 Å². The first-order chi connectivity index (χ1) is 20.7. The lowest BCUT2D eigenvalue weighted by molar-refractivity contribution is -0.118. The summed E-state index contributed by atoms with van der Waals surface area (Å²) in [6, 6.07) is 22.3. The Bertz CT molecular complexity index is 1840. The van der Waals surface area contributed by atoms with Gasteiger partial charge in [0.05, 0.1) is 0 Å². The monoisotopic (exact) mass is 568 g/mol. The molecule has 4 aromatic carbocycles. The van der Waals surface area contributed by atoms with Gasteiger partial charge in [0.25, 0.3) is 5.91 Å². The molecular weight excluding hydrogens is 532 g/mol. The highest BCUT2D eigenvalue weighted by Crippen LogP contribution is 2.34. The lowest BCUT2D eigenvalue weighted by Crippen LogP contribution is -2.37. The maximum absolute atomic E-state index is 12.1. The highest BCUT2D eigenvalue weighted by atomic mass is 16.2. The number of carbonyl (C=O) groups is 2. The zero-order chi connectivity index (χ0) is 30.9. The Morgan fingerprint density at radius 2 is 1.37 bits per heavy atom. The van der Waals surface area contributed by atoms with Crippen molar-refractivity contribution in [3.63, 3.8) is 0 Å². The second kappa shape index (κ2) is 14.1. The molecule has 0 aliphatic carbocycles. The third-order valence-corrected chi connectivity index (χ3v) is 7.46. The molecule has 4 N–H and O–H groups in total. The smallest absolute Gasteiger partial charge is 0.260 e. The largest absolute Gasteiger partial charge is 0.294 e. The lowest BCUT2D eigenvalue weighted by atomic mass is 9.90. The maximum Gasteiger partial charge on any atom is 0.260 e. The third kappa shape index (κ3) is 7.17. The van der Waals surface area contributed by atoms with Crippen LogP contribution in [0, 0.1) is 11.8 Å². The van der Waals surface area contributed by atoms with Crippen LogP contribution in [-0.4, -0.2) is 12.3 Å². The van der Waals surface area contributed by atoms with E-state index in [1.54, 1.807) is 6.92 Å². The first-order valence-electron chi connectivity index (χ1n) is 13.9. The average molecular weight is 569 g/mol. The van der Waals surface area contributed by atoms with Crippen LogP contribution < -0.4 is 21.7 Å². The van der Waals surface area contributed by atoms with Gasteiger partial charge in [0, 0.05) is 29.8 Å². The summed E-state index contributed by atoms with van der Waals surface area (Å²) in [4.78, 5) is 23.0. The molecule has 0 aromatic heterocycles. The number of hydrogen-bond donors (Lipinski definition) is 4. The molecule has 43 heavy (non-hydrogen) atoms. The maximum atomic E-state index is 12.1. The van der Waals surface area contributed by atoms with Gasteiger partial charge in [-0.2, -0.15) is 0 Å². The van der Waals surface area contributed by atoms with Crippen molar-refractivity contribution < 1.29 is 9.59 Å². The van der Waals surface area contributed by atoms with Crippen molar-refractivity contribution in [1.29, 1.82) is 0 Å².